The van der Waals surface area contributed by atoms with Crippen molar-refractivity contribution in [3.8, 4) is 0 Å². The van der Waals surface area contributed by atoms with Crippen LogP contribution in [0.5, 0.6) is 0 Å². The molecule has 0 spiro atoms. The van der Waals surface area contributed by atoms with E-state index >= 15 is 0 Å². The summed E-state index contributed by atoms with van der Waals surface area (Å²) >= 11 is 0. The van der Waals surface area contributed by atoms with Crippen LogP contribution in [0.15, 0.2) is 0 Å². The maximum absolute atomic E-state index is 11.6. The van der Waals surface area contributed by atoms with Crippen molar-refractivity contribution < 1.29 is 8.42 Å². The first-order valence-electron chi connectivity index (χ1n) is 6.75. The Morgan fingerprint density at radius 2 is 1.88 bits per heavy atom. The van der Waals surface area contributed by atoms with Crippen LogP contribution in [0.2, 0.25) is 0 Å². The van der Waals surface area contributed by atoms with E-state index in [0.29, 0.717) is 11.5 Å². The average Bonchev–Trinajstić information content (AvgIpc) is 2.29. The quantitative estimate of drug-likeness (QED) is 0.808. The molecule has 0 aromatic rings. The topological polar surface area (TPSA) is 63.4 Å². The van der Waals surface area contributed by atoms with Gasteiger partial charge in [0.1, 0.15) is 0 Å². The lowest BCUT2D eigenvalue weighted by atomic mass is 9.92. The second kappa shape index (κ2) is 5.67. The van der Waals surface area contributed by atoms with E-state index in [1.807, 2.05) is 0 Å². The first kappa shape index (κ1) is 13.3. The Labute approximate surface area is 104 Å². The maximum atomic E-state index is 11.6. The number of likely N-dealkylation sites (tertiary alicyclic amines) is 1. The van der Waals surface area contributed by atoms with Gasteiger partial charge < -0.3 is 5.73 Å². The van der Waals surface area contributed by atoms with E-state index in [1.54, 1.807) is 0 Å². The van der Waals surface area contributed by atoms with Crippen LogP contribution in [-0.4, -0.2) is 50.5 Å². The molecule has 0 amide bonds. The molecule has 2 fully saturated rings. The van der Waals surface area contributed by atoms with Gasteiger partial charge in [0, 0.05) is 6.04 Å². The van der Waals surface area contributed by atoms with Crippen molar-refractivity contribution in [2.75, 3.05) is 31.1 Å². The number of hydrogen-bond acceptors (Lipinski definition) is 4. The van der Waals surface area contributed by atoms with Gasteiger partial charge in [-0.2, -0.15) is 0 Å². The van der Waals surface area contributed by atoms with E-state index in [9.17, 15) is 8.42 Å². The monoisotopic (exact) mass is 260 g/mol. The summed E-state index contributed by atoms with van der Waals surface area (Å²) in [6.45, 7) is 2.90. The molecular formula is C12H24N2O2S. The Morgan fingerprint density at radius 1 is 1.18 bits per heavy atom. The smallest absolute Gasteiger partial charge is 0.151 e. The van der Waals surface area contributed by atoms with Crippen LogP contribution >= 0.6 is 0 Å². The number of nitrogens with zero attached hydrogens (tertiary/aromatic N) is 1. The highest BCUT2D eigenvalue weighted by molar-refractivity contribution is 7.91. The molecule has 1 unspecified atom stereocenters. The predicted molar refractivity (Wildman–Crippen MR) is 69.6 cm³/mol. The van der Waals surface area contributed by atoms with E-state index < -0.39 is 9.84 Å². The van der Waals surface area contributed by atoms with Gasteiger partial charge in [-0.1, -0.05) is 0 Å². The van der Waals surface area contributed by atoms with Gasteiger partial charge >= 0.3 is 0 Å². The third-order valence-corrected chi connectivity index (χ3v) is 5.98. The van der Waals surface area contributed by atoms with Crippen LogP contribution in [0.25, 0.3) is 0 Å². The highest BCUT2D eigenvalue weighted by atomic mass is 32.2. The number of nitrogens with two attached hydrogens (primary N) is 1. The molecule has 2 saturated heterocycles. The fourth-order valence-electron chi connectivity index (χ4n) is 3.13. The maximum Gasteiger partial charge on any atom is 0.151 e. The molecule has 2 N–H and O–H groups in total. The molecule has 0 bridgehead atoms. The number of hydrogen-bond donors (Lipinski definition) is 1. The minimum atomic E-state index is -2.77. The van der Waals surface area contributed by atoms with Crippen molar-refractivity contribution in [3.63, 3.8) is 0 Å². The molecule has 4 nitrogen and oxygen atoms in total. The molecule has 2 aliphatic heterocycles. The number of rotatable bonds is 3. The van der Waals surface area contributed by atoms with Crippen molar-refractivity contribution in [3.05, 3.63) is 0 Å². The van der Waals surface area contributed by atoms with Crippen LogP contribution in [0.3, 0.4) is 0 Å². The molecular weight excluding hydrogens is 236 g/mol. The zero-order valence-corrected chi connectivity index (χ0v) is 11.3. The number of sulfone groups is 1. The Morgan fingerprint density at radius 3 is 2.47 bits per heavy atom. The molecule has 0 aromatic heterocycles. The summed E-state index contributed by atoms with van der Waals surface area (Å²) in [5.74, 6) is 1.54. The standard InChI is InChI=1S/C12H24N2O2S/c13-6-3-11-4-7-14(8-5-11)12-2-1-9-17(15,16)10-12/h11-12H,1-10,13H2. The molecule has 5 heteroatoms. The second-order valence-corrected chi connectivity index (χ2v) is 7.70. The minimum Gasteiger partial charge on any atom is -0.330 e. The molecule has 2 rings (SSSR count). The fourth-order valence-corrected chi connectivity index (χ4v) is 4.87. The second-order valence-electron chi connectivity index (χ2n) is 5.47. The van der Waals surface area contributed by atoms with Gasteiger partial charge in [0.25, 0.3) is 0 Å². The molecule has 0 aromatic carbocycles. The molecule has 2 aliphatic rings. The summed E-state index contributed by atoms with van der Waals surface area (Å²) in [6, 6.07) is 0.285. The van der Waals surface area contributed by atoms with E-state index in [-0.39, 0.29) is 6.04 Å². The predicted octanol–water partition coefficient (Wildman–Crippen LogP) is 0.624. The fraction of sp³-hybridized carbons (Fsp3) is 1.00. The van der Waals surface area contributed by atoms with Gasteiger partial charge in [0.05, 0.1) is 11.5 Å². The van der Waals surface area contributed by atoms with Crippen LogP contribution in [0, 0.1) is 5.92 Å². The summed E-state index contributed by atoms with van der Waals surface area (Å²) in [5, 5.41) is 0. The third kappa shape index (κ3) is 3.66. The van der Waals surface area contributed by atoms with E-state index in [0.717, 1.165) is 44.8 Å². The molecule has 1 atom stereocenters. The first-order chi connectivity index (χ1) is 8.11. The van der Waals surface area contributed by atoms with Crippen LogP contribution < -0.4 is 5.73 Å². The largest absolute Gasteiger partial charge is 0.330 e. The average molecular weight is 260 g/mol. The van der Waals surface area contributed by atoms with Gasteiger partial charge in [0.2, 0.25) is 0 Å². The molecule has 100 valence electrons. The summed E-state index contributed by atoms with van der Waals surface area (Å²) in [5.41, 5.74) is 5.58. The van der Waals surface area contributed by atoms with Crippen molar-refractivity contribution in [1.82, 2.24) is 4.90 Å². The highest BCUT2D eigenvalue weighted by Crippen LogP contribution is 2.25. The van der Waals surface area contributed by atoms with Crippen molar-refractivity contribution >= 4 is 9.84 Å². The van der Waals surface area contributed by atoms with E-state index in [4.69, 9.17) is 5.73 Å². The Kier molecular flexibility index (Phi) is 4.44. The van der Waals surface area contributed by atoms with Gasteiger partial charge in [-0.05, 0) is 57.7 Å². The SMILES string of the molecule is NCCC1CCN(C2CCCS(=O)(=O)C2)CC1. The Hall–Kier alpha value is -0.130. The molecule has 2 heterocycles. The van der Waals surface area contributed by atoms with Crippen molar-refractivity contribution in [1.29, 1.82) is 0 Å². The normalized spacial score (nSPS) is 31.5. The van der Waals surface area contributed by atoms with Gasteiger partial charge in [-0.15, -0.1) is 0 Å². The zero-order valence-electron chi connectivity index (χ0n) is 10.5. The zero-order chi connectivity index (χ0) is 12.3. The lowest BCUT2D eigenvalue weighted by Crippen LogP contribution is -2.47. The number of piperidine rings is 1. The van der Waals surface area contributed by atoms with Crippen molar-refractivity contribution in [2.45, 2.75) is 38.1 Å². The molecule has 0 aliphatic carbocycles. The lowest BCUT2D eigenvalue weighted by molar-refractivity contribution is 0.131. The molecule has 17 heavy (non-hydrogen) atoms. The van der Waals surface area contributed by atoms with E-state index in [2.05, 4.69) is 4.90 Å². The van der Waals surface area contributed by atoms with Crippen molar-refractivity contribution in [2.24, 2.45) is 11.7 Å². The molecule has 0 radical (unpaired) electrons. The summed E-state index contributed by atoms with van der Waals surface area (Å²) in [7, 11) is -2.77. The molecule has 0 saturated carbocycles. The van der Waals surface area contributed by atoms with E-state index in [1.165, 1.54) is 12.8 Å². The summed E-state index contributed by atoms with van der Waals surface area (Å²) in [6.07, 6.45) is 5.40. The van der Waals surface area contributed by atoms with Gasteiger partial charge in [-0.3, -0.25) is 4.90 Å². The van der Waals surface area contributed by atoms with Crippen LogP contribution in [-0.2, 0) is 9.84 Å². The minimum absolute atomic E-state index is 0.285. The van der Waals surface area contributed by atoms with Crippen LogP contribution in [0.1, 0.15) is 32.1 Å². The van der Waals surface area contributed by atoms with Gasteiger partial charge in [0.15, 0.2) is 9.84 Å². The summed E-state index contributed by atoms with van der Waals surface area (Å²) in [4.78, 5) is 2.39. The first-order valence-corrected chi connectivity index (χ1v) is 8.57. The lowest BCUT2D eigenvalue weighted by Gasteiger charge is -2.39. The Balaban J connectivity index is 1.84. The van der Waals surface area contributed by atoms with Gasteiger partial charge in [-0.25, -0.2) is 8.42 Å². The summed E-state index contributed by atoms with van der Waals surface area (Å²) < 4.78 is 23.3. The Bertz CT molecular complexity index is 334. The third-order valence-electron chi connectivity index (χ3n) is 4.18. The van der Waals surface area contributed by atoms with Crippen LogP contribution in [0.4, 0.5) is 0 Å². The highest BCUT2D eigenvalue weighted by Gasteiger charge is 2.31.